The molecule has 0 bridgehead atoms. The summed E-state index contributed by atoms with van der Waals surface area (Å²) in [6.45, 7) is 4.74. The zero-order valence-electron chi connectivity index (χ0n) is 29.1. The van der Waals surface area contributed by atoms with Crippen molar-refractivity contribution in [1.82, 2.24) is 0 Å². The van der Waals surface area contributed by atoms with Gasteiger partial charge in [-0.2, -0.15) is 0 Å². The van der Waals surface area contributed by atoms with Gasteiger partial charge in [0.2, 0.25) is 0 Å². The number of para-hydroxylation sites is 1. The summed E-state index contributed by atoms with van der Waals surface area (Å²) < 4.78 is 6.80. The number of benzene rings is 9. The third kappa shape index (κ3) is 3.99. The Labute approximate surface area is 302 Å². The molecule has 0 atom stereocenters. The summed E-state index contributed by atoms with van der Waals surface area (Å²) in [7, 11) is 0. The molecular weight excluding hydrogens is 629 g/mol. The molecule has 10 aromatic rings. The second-order valence-electron chi connectivity index (χ2n) is 14.8. The van der Waals surface area contributed by atoms with Crippen LogP contribution in [-0.4, -0.2) is 0 Å². The monoisotopic (exact) mass is 662 g/mol. The molecular formula is C51H34O. The average molecular weight is 663 g/mol. The van der Waals surface area contributed by atoms with Crippen LogP contribution in [0.1, 0.15) is 25.0 Å². The quantitative estimate of drug-likeness (QED) is 0.172. The maximum atomic E-state index is 6.80. The first-order valence-electron chi connectivity index (χ1n) is 18.2. The van der Waals surface area contributed by atoms with Crippen molar-refractivity contribution >= 4 is 54.3 Å². The number of hydrogen-bond donors (Lipinski definition) is 0. The van der Waals surface area contributed by atoms with Crippen LogP contribution in [0, 0.1) is 0 Å². The van der Waals surface area contributed by atoms with Gasteiger partial charge in [-0.05, 0) is 101 Å². The van der Waals surface area contributed by atoms with Crippen LogP contribution < -0.4 is 0 Å². The van der Waals surface area contributed by atoms with Gasteiger partial charge in [0.15, 0.2) is 0 Å². The normalized spacial score (nSPS) is 13.3. The molecule has 0 aliphatic heterocycles. The second kappa shape index (κ2) is 10.8. The molecule has 1 aliphatic carbocycles. The molecule has 244 valence electrons. The Morgan fingerprint density at radius 1 is 0.385 bits per heavy atom. The van der Waals surface area contributed by atoms with Gasteiger partial charge in [0, 0.05) is 21.8 Å². The van der Waals surface area contributed by atoms with E-state index in [4.69, 9.17) is 4.42 Å². The Balaban J connectivity index is 1.15. The predicted molar refractivity (Wildman–Crippen MR) is 220 cm³/mol. The van der Waals surface area contributed by atoms with E-state index in [1.54, 1.807) is 0 Å². The van der Waals surface area contributed by atoms with E-state index in [0.717, 1.165) is 11.2 Å². The third-order valence-electron chi connectivity index (χ3n) is 11.6. The summed E-state index contributed by atoms with van der Waals surface area (Å²) in [6, 6.07) is 62.2. The lowest BCUT2D eigenvalue weighted by molar-refractivity contribution is 0.658. The highest BCUT2D eigenvalue weighted by Gasteiger charge is 2.40. The molecule has 0 N–H and O–H groups in total. The van der Waals surface area contributed by atoms with Crippen molar-refractivity contribution in [2.45, 2.75) is 19.3 Å². The van der Waals surface area contributed by atoms with Gasteiger partial charge in [-0.3, -0.25) is 0 Å². The van der Waals surface area contributed by atoms with Crippen molar-refractivity contribution < 1.29 is 4.42 Å². The molecule has 0 radical (unpaired) electrons. The Hall–Kier alpha value is -6.44. The van der Waals surface area contributed by atoms with Gasteiger partial charge in [0.1, 0.15) is 11.2 Å². The van der Waals surface area contributed by atoms with Crippen molar-refractivity contribution in [3.05, 3.63) is 181 Å². The Kier molecular flexibility index (Phi) is 6.08. The van der Waals surface area contributed by atoms with E-state index in [9.17, 15) is 0 Å². The minimum Gasteiger partial charge on any atom is -0.455 e. The molecule has 0 spiro atoms. The van der Waals surface area contributed by atoms with E-state index in [1.807, 2.05) is 0 Å². The zero-order valence-corrected chi connectivity index (χ0v) is 29.1. The van der Waals surface area contributed by atoms with Gasteiger partial charge >= 0.3 is 0 Å². The molecule has 1 heteroatoms. The van der Waals surface area contributed by atoms with E-state index in [-0.39, 0.29) is 5.41 Å². The first kappa shape index (κ1) is 29.3. The van der Waals surface area contributed by atoms with Crippen LogP contribution in [-0.2, 0) is 5.41 Å². The van der Waals surface area contributed by atoms with Crippen LogP contribution in [0.3, 0.4) is 0 Å². The smallest absolute Gasteiger partial charge is 0.144 e. The van der Waals surface area contributed by atoms with E-state index < -0.39 is 0 Å². The molecule has 0 saturated heterocycles. The minimum atomic E-state index is -0.184. The zero-order chi connectivity index (χ0) is 34.6. The van der Waals surface area contributed by atoms with Crippen molar-refractivity contribution in [3.8, 4) is 44.5 Å². The Morgan fingerprint density at radius 3 is 1.60 bits per heavy atom. The maximum Gasteiger partial charge on any atom is 0.144 e. The number of rotatable bonds is 3. The molecule has 0 amide bonds. The predicted octanol–water partition coefficient (Wildman–Crippen LogP) is 14.4. The highest BCUT2D eigenvalue weighted by Crippen LogP contribution is 2.56. The van der Waals surface area contributed by atoms with Gasteiger partial charge in [0.25, 0.3) is 0 Å². The molecule has 11 rings (SSSR count). The van der Waals surface area contributed by atoms with Crippen molar-refractivity contribution in [3.63, 3.8) is 0 Å². The summed E-state index contributed by atoms with van der Waals surface area (Å²) in [5.74, 6) is 0. The number of fused-ring (bicyclic) bond motifs is 12. The third-order valence-corrected chi connectivity index (χ3v) is 11.6. The first-order valence-corrected chi connectivity index (χ1v) is 18.2. The average Bonchev–Trinajstić information content (AvgIpc) is 3.70. The summed E-state index contributed by atoms with van der Waals surface area (Å²) >= 11 is 0. The van der Waals surface area contributed by atoms with Crippen molar-refractivity contribution in [2.24, 2.45) is 0 Å². The molecule has 9 aromatic carbocycles. The summed E-state index contributed by atoms with van der Waals surface area (Å²) in [5, 5.41) is 10.0. The Bertz CT molecular complexity index is 3030. The molecule has 1 heterocycles. The lowest BCUT2D eigenvalue weighted by Crippen LogP contribution is -2.15. The molecule has 1 aliphatic rings. The van der Waals surface area contributed by atoms with Crippen LogP contribution in [0.5, 0.6) is 0 Å². The molecule has 0 fully saturated rings. The summed E-state index contributed by atoms with van der Waals surface area (Å²) in [4.78, 5) is 0. The summed E-state index contributed by atoms with van der Waals surface area (Å²) in [5.41, 5.74) is 14.4. The molecule has 1 nitrogen and oxygen atoms in total. The number of furan rings is 1. The minimum absolute atomic E-state index is 0.184. The molecule has 0 unspecified atom stereocenters. The van der Waals surface area contributed by atoms with Gasteiger partial charge in [-0.15, -0.1) is 0 Å². The largest absolute Gasteiger partial charge is 0.455 e. The van der Waals surface area contributed by atoms with E-state index in [1.165, 1.54) is 98.7 Å². The van der Waals surface area contributed by atoms with E-state index in [0.29, 0.717) is 0 Å². The molecule has 0 saturated carbocycles. The van der Waals surface area contributed by atoms with Gasteiger partial charge < -0.3 is 4.42 Å². The fourth-order valence-electron chi connectivity index (χ4n) is 9.38. The Morgan fingerprint density at radius 2 is 0.904 bits per heavy atom. The van der Waals surface area contributed by atoms with Gasteiger partial charge in [0.05, 0.1) is 0 Å². The molecule has 52 heavy (non-hydrogen) atoms. The van der Waals surface area contributed by atoms with Gasteiger partial charge in [-0.1, -0.05) is 166 Å². The first-order chi connectivity index (χ1) is 25.6. The van der Waals surface area contributed by atoms with Gasteiger partial charge in [-0.25, -0.2) is 0 Å². The fraction of sp³-hybridized carbons (Fsp3) is 0.0588. The lowest BCUT2D eigenvalue weighted by Gasteiger charge is -2.23. The van der Waals surface area contributed by atoms with Crippen LogP contribution in [0.4, 0.5) is 0 Å². The molecule has 1 aromatic heterocycles. The van der Waals surface area contributed by atoms with E-state index in [2.05, 4.69) is 184 Å². The van der Waals surface area contributed by atoms with Crippen molar-refractivity contribution in [1.29, 1.82) is 0 Å². The van der Waals surface area contributed by atoms with Crippen LogP contribution in [0.15, 0.2) is 174 Å². The maximum absolute atomic E-state index is 6.80. The standard InChI is InChI=1S/C51H34O/c1-51(2)43-28-27-33(30-42(43)48-49(51)40-24-11-10-23-39(40)47-41-25-12-13-26-44(41)52-50(47)48)32-17-14-18-34(29-32)46-37-21-8-6-19-35(37)45(31-15-4-3-5-16-31)36-20-7-9-22-38(36)46/h3-30H,1-2H3. The summed E-state index contributed by atoms with van der Waals surface area (Å²) in [6.07, 6.45) is 0. The SMILES string of the molecule is CC1(C)c2ccc(-c3cccc(-c4c5ccccc5c(-c5ccccc5)c5ccccc45)c3)cc2-c2c1c1ccccc1c1c2oc2ccccc21. The van der Waals surface area contributed by atoms with Crippen LogP contribution in [0.2, 0.25) is 0 Å². The number of hydrogen-bond acceptors (Lipinski definition) is 1. The lowest BCUT2D eigenvalue weighted by atomic mass is 9.79. The topological polar surface area (TPSA) is 13.1 Å². The fourth-order valence-corrected chi connectivity index (χ4v) is 9.38. The van der Waals surface area contributed by atoms with Crippen LogP contribution in [0.25, 0.3) is 98.8 Å². The second-order valence-corrected chi connectivity index (χ2v) is 14.8. The van der Waals surface area contributed by atoms with E-state index >= 15 is 0 Å². The van der Waals surface area contributed by atoms with Crippen LogP contribution >= 0.6 is 0 Å². The van der Waals surface area contributed by atoms with Crippen molar-refractivity contribution in [2.75, 3.05) is 0 Å². The highest BCUT2D eigenvalue weighted by atomic mass is 16.3. The highest BCUT2D eigenvalue weighted by molar-refractivity contribution is 6.25.